The number of hydrogen-bond acceptors (Lipinski definition) is 4. The fourth-order valence-electron chi connectivity index (χ4n) is 1.84. The van der Waals surface area contributed by atoms with Crippen molar-refractivity contribution in [2.45, 2.75) is 6.92 Å². The molecule has 0 aliphatic carbocycles. The van der Waals surface area contributed by atoms with E-state index in [4.69, 9.17) is 5.73 Å². The topological polar surface area (TPSA) is 50.4 Å². The Hall–Kier alpha value is -1.66. The van der Waals surface area contributed by atoms with Crippen LogP contribution in [0.5, 0.6) is 0 Å². The average molecular weight is 302 g/mol. The Morgan fingerprint density at radius 2 is 1.89 bits per heavy atom. The second-order valence-corrected chi connectivity index (χ2v) is 5.26. The zero-order valence-electron chi connectivity index (χ0n) is 9.83. The van der Waals surface area contributed by atoms with Crippen LogP contribution in [0.15, 0.2) is 23.2 Å². The number of nitrogens with two attached hydrogens (primary N) is 1. The summed E-state index contributed by atoms with van der Waals surface area (Å²) in [7, 11) is 0. The van der Waals surface area contributed by atoms with Crippen LogP contribution >= 0.6 is 23.7 Å². The number of aliphatic imine (C=N–C) groups is 1. The van der Waals surface area contributed by atoms with E-state index in [1.54, 1.807) is 0 Å². The molecule has 1 aliphatic heterocycles. The molecule has 1 aromatic carbocycles. The van der Waals surface area contributed by atoms with Crippen molar-refractivity contribution < 1.29 is 8.78 Å². The maximum atomic E-state index is 13.2. The molecule has 0 saturated heterocycles. The minimum Gasteiger partial charge on any atom is -0.383 e. The largest absolute Gasteiger partial charge is 0.383 e. The summed E-state index contributed by atoms with van der Waals surface area (Å²) >= 11 is 1.49. The molecule has 3 rings (SSSR count). The van der Waals surface area contributed by atoms with E-state index in [1.807, 2.05) is 13.0 Å². The highest BCUT2D eigenvalue weighted by Gasteiger charge is 2.18. The molecule has 3 N–H and O–H groups in total. The van der Waals surface area contributed by atoms with Crippen molar-refractivity contribution in [2.75, 3.05) is 5.32 Å². The van der Waals surface area contributed by atoms with Crippen LogP contribution in [0.25, 0.3) is 0 Å². The molecule has 1 aromatic heterocycles. The van der Waals surface area contributed by atoms with Gasteiger partial charge in [0.15, 0.2) is 11.6 Å². The predicted octanol–water partition coefficient (Wildman–Crippen LogP) is 3.85. The third kappa shape index (κ3) is 2.29. The molecule has 0 radical (unpaired) electrons. The summed E-state index contributed by atoms with van der Waals surface area (Å²) in [5, 5.41) is 3.83. The van der Waals surface area contributed by atoms with Crippen LogP contribution in [-0.2, 0) is 0 Å². The first-order valence-corrected chi connectivity index (χ1v) is 6.07. The number of hydrogen-bond donors (Lipinski definition) is 2. The number of halogens is 3. The lowest BCUT2D eigenvalue weighted by Gasteiger charge is -2.06. The fraction of sp³-hybridized carbons (Fsp3) is 0.0833. The van der Waals surface area contributed by atoms with Gasteiger partial charge in [-0.25, -0.2) is 13.8 Å². The lowest BCUT2D eigenvalue weighted by atomic mass is 10.2. The first-order chi connectivity index (χ1) is 8.54. The summed E-state index contributed by atoms with van der Waals surface area (Å²) in [6.45, 7) is 1.94. The van der Waals surface area contributed by atoms with Crippen molar-refractivity contribution >= 4 is 46.0 Å². The van der Waals surface area contributed by atoms with E-state index < -0.39 is 11.6 Å². The lowest BCUT2D eigenvalue weighted by Crippen LogP contribution is -2.11. The van der Waals surface area contributed by atoms with Crippen LogP contribution in [0.3, 0.4) is 0 Å². The predicted molar refractivity (Wildman–Crippen MR) is 76.3 cm³/mol. The first kappa shape index (κ1) is 13.8. The molecule has 100 valence electrons. The molecule has 0 bridgehead atoms. The molecule has 0 unspecified atom stereocenters. The van der Waals surface area contributed by atoms with Gasteiger partial charge in [-0.15, -0.1) is 23.7 Å². The molecule has 2 heterocycles. The van der Waals surface area contributed by atoms with Crippen LogP contribution in [0.1, 0.15) is 10.4 Å². The summed E-state index contributed by atoms with van der Waals surface area (Å²) in [5.41, 5.74) is 7.33. The molecule has 0 saturated carbocycles. The normalized spacial score (nSPS) is 12.5. The highest BCUT2D eigenvalue weighted by atomic mass is 35.5. The summed E-state index contributed by atoms with van der Waals surface area (Å²) in [6, 6.07) is 4.02. The molecule has 0 fully saturated rings. The van der Waals surface area contributed by atoms with E-state index in [0.717, 1.165) is 27.6 Å². The number of nitrogens with one attached hydrogen (secondary N) is 1. The van der Waals surface area contributed by atoms with Crippen LogP contribution < -0.4 is 11.1 Å². The van der Waals surface area contributed by atoms with Gasteiger partial charge in [0.05, 0.1) is 16.9 Å². The van der Waals surface area contributed by atoms with E-state index in [2.05, 4.69) is 10.3 Å². The SMILES string of the molecule is Cc1cc2c(s1)Nc1cc(F)c(F)cc1N=C2N.Cl. The third-order valence-electron chi connectivity index (χ3n) is 2.66. The number of benzene rings is 1. The monoisotopic (exact) mass is 301 g/mol. The van der Waals surface area contributed by atoms with Crippen LogP contribution in [-0.4, -0.2) is 5.84 Å². The number of thiophene rings is 1. The maximum Gasteiger partial charge on any atom is 0.161 e. The standard InChI is InChI=1S/C12H9F2N3S.ClH/c1-5-2-6-11(15)16-9-3-7(13)8(14)4-10(9)17-12(6)18-5;/h2-4,17H,1H3,(H2,15,16);1H. The van der Waals surface area contributed by atoms with E-state index in [0.29, 0.717) is 17.2 Å². The number of rotatable bonds is 0. The van der Waals surface area contributed by atoms with Crippen molar-refractivity contribution in [1.82, 2.24) is 0 Å². The maximum absolute atomic E-state index is 13.2. The Morgan fingerprint density at radius 1 is 1.21 bits per heavy atom. The molecule has 0 amide bonds. The van der Waals surface area contributed by atoms with Gasteiger partial charge in [-0.3, -0.25) is 0 Å². The van der Waals surface area contributed by atoms with Gasteiger partial charge in [-0.05, 0) is 13.0 Å². The Kier molecular flexibility index (Phi) is 3.47. The Morgan fingerprint density at radius 3 is 2.63 bits per heavy atom. The summed E-state index contributed by atoms with van der Waals surface area (Å²) < 4.78 is 26.4. The molecule has 7 heteroatoms. The summed E-state index contributed by atoms with van der Waals surface area (Å²) in [4.78, 5) is 5.19. The first-order valence-electron chi connectivity index (χ1n) is 5.25. The zero-order chi connectivity index (χ0) is 12.9. The van der Waals surface area contributed by atoms with Crippen molar-refractivity contribution in [3.8, 4) is 0 Å². The Labute approximate surface area is 118 Å². The summed E-state index contributed by atoms with van der Waals surface area (Å²) in [5.74, 6) is -1.55. The molecular weight excluding hydrogens is 292 g/mol. The molecule has 0 spiro atoms. The quantitative estimate of drug-likeness (QED) is 0.776. The van der Waals surface area contributed by atoms with Crippen molar-refractivity contribution in [3.05, 3.63) is 40.3 Å². The zero-order valence-corrected chi connectivity index (χ0v) is 11.5. The van der Waals surface area contributed by atoms with E-state index in [1.165, 1.54) is 11.3 Å². The smallest absolute Gasteiger partial charge is 0.161 e. The number of amidine groups is 1. The van der Waals surface area contributed by atoms with Crippen molar-refractivity contribution in [3.63, 3.8) is 0 Å². The highest BCUT2D eigenvalue weighted by molar-refractivity contribution is 7.16. The van der Waals surface area contributed by atoms with E-state index >= 15 is 0 Å². The molecule has 19 heavy (non-hydrogen) atoms. The Balaban J connectivity index is 0.00000133. The van der Waals surface area contributed by atoms with Gasteiger partial charge < -0.3 is 11.1 Å². The minimum atomic E-state index is -0.937. The lowest BCUT2D eigenvalue weighted by molar-refractivity contribution is 0.509. The van der Waals surface area contributed by atoms with Crippen LogP contribution in [0, 0.1) is 18.6 Å². The molecular formula is C12H10ClF2N3S. The number of nitrogens with zero attached hydrogens (tertiary/aromatic N) is 1. The van der Waals surface area contributed by atoms with Gasteiger partial charge in [-0.1, -0.05) is 0 Å². The van der Waals surface area contributed by atoms with Gasteiger partial charge in [-0.2, -0.15) is 0 Å². The minimum absolute atomic E-state index is 0. The number of aryl methyl sites for hydroxylation is 1. The second-order valence-electron chi connectivity index (χ2n) is 4.01. The average Bonchev–Trinajstić information content (AvgIpc) is 2.61. The highest BCUT2D eigenvalue weighted by Crippen LogP contribution is 2.38. The van der Waals surface area contributed by atoms with E-state index in [9.17, 15) is 8.78 Å². The number of anilines is 2. The van der Waals surface area contributed by atoms with Gasteiger partial charge in [0, 0.05) is 17.0 Å². The third-order valence-corrected chi connectivity index (χ3v) is 3.62. The summed E-state index contributed by atoms with van der Waals surface area (Å²) in [6.07, 6.45) is 0. The molecule has 1 aliphatic rings. The molecule has 3 nitrogen and oxygen atoms in total. The molecule has 2 aromatic rings. The Bertz CT molecular complexity index is 682. The van der Waals surface area contributed by atoms with Crippen LogP contribution in [0.2, 0.25) is 0 Å². The van der Waals surface area contributed by atoms with Gasteiger partial charge in [0.2, 0.25) is 0 Å². The van der Waals surface area contributed by atoms with Crippen molar-refractivity contribution in [1.29, 1.82) is 0 Å². The van der Waals surface area contributed by atoms with Crippen molar-refractivity contribution in [2.24, 2.45) is 10.7 Å². The molecule has 0 atom stereocenters. The van der Waals surface area contributed by atoms with E-state index in [-0.39, 0.29) is 12.4 Å². The number of fused-ring (bicyclic) bond motifs is 2. The second kappa shape index (κ2) is 4.79. The van der Waals surface area contributed by atoms with Gasteiger partial charge in [0.1, 0.15) is 10.8 Å². The van der Waals surface area contributed by atoms with Crippen LogP contribution in [0.4, 0.5) is 25.2 Å². The fourth-order valence-corrected chi connectivity index (χ4v) is 2.77. The van der Waals surface area contributed by atoms with Gasteiger partial charge in [0.25, 0.3) is 0 Å². The van der Waals surface area contributed by atoms with Gasteiger partial charge >= 0.3 is 0 Å².